The van der Waals surface area contributed by atoms with Crippen LogP contribution in [0, 0.1) is 6.92 Å². The Bertz CT molecular complexity index is 676. The standard InChI is InChI=1S/C12H19N5O3S/c1-8(2)13-7-11-12(9(3)15-16-11)21(18,19)14-6-10-4-5-20-17-10/h4-5,8,13-14H,6-7H2,1-3H3,(H,15,16). The van der Waals surface area contributed by atoms with E-state index in [1.165, 1.54) is 6.26 Å². The van der Waals surface area contributed by atoms with E-state index in [0.717, 1.165) is 0 Å². The summed E-state index contributed by atoms with van der Waals surface area (Å²) in [7, 11) is -3.67. The maximum absolute atomic E-state index is 12.4. The summed E-state index contributed by atoms with van der Waals surface area (Å²) in [6.07, 6.45) is 1.39. The maximum Gasteiger partial charge on any atom is 0.244 e. The first-order chi connectivity index (χ1) is 9.90. The molecule has 0 atom stereocenters. The van der Waals surface area contributed by atoms with Crippen LogP contribution in [-0.4, -0.2) is 29.8 Å². The Labute approximate surface area is 123 Å². The van der Waals surface area contributed by atoms with Gasteiger partial charge in [0.2, 0.25) is 10.0 Å². The van der Waals surface area contributed by atoms with E-state index >= 15 is 0 Å². The molecule has 2 aromatic rings. The van der Waals surface area contributed by atoms with Gasteiger partial charge in [0.15, 0.2) is 0 Å². The molecule has 3 N–H and O–H groups in total. The highest BCUT2D eigenvalue weighted by Crippen LogP contribution is 2.17. The number of aromatic amines is 1. The van der Waals surface area contributed by atoms with Crippen LogP contribution in [0.25, 0.3) is 0 Å². The van der Waals surface area contributed by atoms with Crippen LogP contribution >= 0.6 is 0 Å². The van der Waals surface area contributed by atoms with Crippen LogP contribution in [-0.2, 0) is 23.1 Å². The van der Waals surface area contributed by atoms with Crippen LogP contribution in [0.2, 0.25) is 0 Å². The number of aromatic nitrogens is 3. The maximum atomic E-state index is 12.4. The van der Waals surface area contributed by atoms with E-state index in [1.807, 2.05) is 13.8 Å². The molecular weight excluding hydrogens is 294 g/mol. The van der Waals surface area contributed by atoms with Gasteiger partial charge < -0.3 is 9.84 Å². The highest BCUT2D eigenvalue weighted by atomic mass is 32.2. The lowest BCUT2D eigenvalue weighted by Crippen LogP contribution is -2.27. The number of hydrogen-bond donors (Lipinski definition) is 3. The molecule has 0 bridgehead atoms. The van der Waals surface area contributed by atoms with Crippen molar-refractivity contribution in [2.45, 2.75) is 44.8 Å². The number of nitrogens with zero attached hydrogens (tertiary/aromatic N) is 2. The lowest BCUT2D eigenvalue weighted by molar-refractivity contribution is 0.411. The molecule has 116 valence electrons. The third kappa shape index (κ3) is 3.90. The quantitative estimate of drug-likeness (QED) is 0.693. The molecule has 0 radical (unpaired) electrons. The Hall–Kier alpha value is -1.71. The number of hydrogen-bond acceptors (Lipinski definition) is 6. The van der Waals surface area contributed by atoms with Gasteiger partial charge in [0.05, 0.1) is 23.6 Å². The Morgan fingerprint density at radius 1 is 1.38 bits per heavy atom. The zero-order valence-corrected chi connectivity index (χ0v) is 13.0. The zero-order valence-electron chi connectivity index (χ0n) is 12.2. The van der Waals surface area contributed by atoms with Crippen LogP contribution in [0.5, 0.6) is 0 Å². The van der Waals surface area contributed by atoms with Crippen molar-refractivity contribution >= 4 is 10.0 Å². The highest BCUT2D eigenvalue weighted by molar-refractivity contribution is 7.89. The summed E-state index contributed by atoms with van der Waals surface area (Å²) in [5, 5.41) is 13.6. The summed E-state index contributed by atoms with van der Waals surface area (Å²) in [5.41, 5.74) is 1.48. The minimum Gasteiger partial charge on any atom is -0.364 e. The molecule has 0 saturated carbocycles. The van der Waals surface area contributed by atoms with E-state index in [9.17, 15) is 8.42 Å². The van der Waals surface area contributed by atoms with E-state index in [-0.39, 0.29) is 17.5 Å². The molecule has 0 aliphatic heterocycles. The molecule has 8 nitrogen and oxygen atoms in total. The summed E-state index contributed by atoms with van der Waals surface area (Å²) in [6, 6.07) is 1.84. The van der Waals surface area contributed by atoms with Crippen molar-refractivity contribution in [2.75, 3.05) is 0 Å². The number of nitrogens with one attached hydrogen (secondary N) is 3. The summed E-state index contributed by atoms with van der Waals surface area (Å²) in [6.45, 7) is 6.09. The predicted molar refractivity (Wildman–Crippen MR) is 75.8 cm³/mol. The van der Waals surface area contributed by atoms with Gasteiger partial charge in [-0.25, -0.2) is 13.1 Å². The van der Waals surface area contributed by atoms with Gasteiger partial charge in [0.25, 0.3) is 0 Å². The Balaban J connectivity index is 2.16. The average molecular weight is 313 g/mol. The summed E-state index contributed by atoms with van der Waals surface area (Å²) in [4.78, 5) is 0.180. The molecule has 0 spiro atoms. The molecule has 2 aromatic heterocycles. The van der Waals surface area contributed by atoms with Gasteiger partial charge in [-0.15, -0.1) is 0 Å². The molecule has 9 heteroatoms. The third-order valence-corrected chi connectivity index (χ3v) is 4.45. The Kier molecular flexibility index (Phi) is 4.76. The SMILES string of the molecule is Cc1[nH]nc(CNC(C)C)c1S(=O)(=O)NCc1ccon1. The van der Waals surface area contributed by atoms with Crippen molar-refractivity contribution in [2.24, 2.45) is 0 Å². The molecule has 0 unspecified atom stereocenters. The van der Waals surface area contributed by atoms with E-state index in [2.05, 4.69) is 29.9 Å². The Morgan fingerprint density at radius 3 is 2.76 bits per heavy atom. The number of H-pyrrole nitrogens is 1. The lowest BCUT2D eigenvalue weighted by atomic mass is 10.3. The van der Waals surface area contributed by atoms with Crippen molar-refractivity contribution in [3.05, 3.63) is 29.4 Å². The fourth-order valence-corrected chi connectivity index (χ4v) is 3.18. The first-order valence-corrected chi connectivity index (χ1v) is 8.04. The minimum atomic E-state index is -3.67. The largest absolute Gasteiger partial charge is 0.364 e. The van der Waals surface area contributed by atoms with Crippen LogP contribution in [0.3, 0.4) is 0 Å². The lowest BCUT2D eigenvalue weighted by Gasteiger charge is -2.09. The molecule has 0 aromatic carbocycles. The van der Waals surface area contributed by atoms with Crippen LogP contribution in [0.4, 0.5) is 0 Å². The van der Waals surface area contributed by atoms with Gasteiger partial charge in [0.1, 0.15) is 11.2 Å². The van der Waals surface area contributed by atoms with Crippen LogP contribution in [0.1, 0.15) is 30.9 Å². The van der Waals surface area contributed by atoms with Gasteiger partial charge >= 0.3 is 0 Å². The molecule has 0 amide bonds. The summed E-state index contributed by atoms with van der Waals surface area (Å²) < 4.78 is 32.0. The van der Waals surface area contributed by atoms with Crippen molar-refractivity contribution in [3.8, 4) is 0 Å². The van der Waals surface area contributed by atoms with E-state index < -0.39 is 10.0 Å². The molecule has 0 saturated heterocycles. The number of rotatable bonds is 7. The highest BCUT2D eigenvalue weighted by Gasteiger charge is 2.24. The van der Waals surface area contributed by atoms with Crippen molar-refractivity contribution in [3.63, 3.8) is 0 Å². The first-order valence-electron chi connectivity index (χ1n) is 6.56. The number of sulfonamides is 1. The zero-order chi connectivity index (χ0) is 15.5. The molecule has 2 rings (SSSR count). The van der Waals surface area contributed by atoms with Gasteiger partial charge in [-0.1, -0.05) is 19.0 Å². The molecule has 21 heavy (non-hydrogen) atoms. The normalized spacial score (nSPS) is 12.2. The molecular formula is C12H19N5O3S. The Morgan fingerprint density at radius 2 is 2.14 bits per heavy atom. The molecule has 2 heterocycles. The minimum absolute atomic E-state index is 0.0699. The second-order valence-electron chi connectivity index (χ2n) is 4.98. The topological polar surface area (TPSA) is 113 Å². The molecule has 0 aliphatic rings. The predicted octanol–water partition coefficient (Wildman–Crippen LogP) is 0.683. The molecule has 0 fully saturated rings. The molecule has 0 aliphatic carbocycles. The van der Waals surface area contributed by atoms with Crippen molar-refractivity contribution < 1.29 is 12.9 Å². The summed E-state index contributed by atoms with van der Waals surface area (Å²) >= 11 is 0. The van der Waals surface area contributed by atoms with Crippen molar-refractivity contribution in [1.82, 2.24) is 25.4 Å². The third-order valence-electron chi connectivity index (χ3n) is 2.84. The van der Waals surface area contributed by atoms with E-state index in [1.54, 1.807) is 13.0 Å². The fraction of sp³-hybridized carbons (Fsp3) is 0.500. The van der Waals surface area contributed by atoms with Crippen LogP contribution < -0.4 is 10.0 Å². The first kappa shape index (κ1) is 15.7. The van der Waals surface area contributed by atoms with Crippen LogP contribution in [0.15, 0.2) is 21.7 Å². The van der Waals surface area contributed by atoms with Gasteiger partial charge in [-0.2, -0.15) is 5.10 Å². The van der Waals surface area contributed by atoms with Gasteiger partial charge in [-0.05, 0) is 6.92 Å². The van der Waals surface area contributed by atoms with Crippen molar-refractivity contribution in [1.29, 1.82) is 0 Å². The second kappa shape index (κ2) is 6.37. The smallest absolute Gasteiger partial charge is 0.244 e. The van der Waals surface area contributed by atoms with E-state index in [4.69, 9.17) is 0 Å². The fourth-order valence-electron chi connectivity index (χ4n) is 1.82. The van der Waals surface area contributed by atoms with E-state index in [0.29, 0.717) is 23.6 Å². The van der Waals surface area contributed by atoms with Gasteiger partial charge in [0, 0.05) is 18.7 Å². The summed E-state index contributed by atoms with van der Waals surface area (Å²) in [5.74, 6) is 0. The number of aryl methyl sites for hydroxylation is 1. The second-order valence-corrected chi connectivity index (χ2v) is 6.68. The monoisotopic (exact) mass is 313 g/mol. The average Bonchev–Trinajstić information content (AvgIpc) is 3.03. The van der Waals surface area contributed by atoms with Gasteiger partial charge in [-0.3, -0.25) is 5.10 Å².